The molecule has 5 nitrogen and oxygen atoms in total. The molecule has 0 saturated carbocycles. The summed E-state index contributed by atoms with van der Waals surface area (Å²) in [5, 5.41) is 10.4. The zero-order chi connectivity index (χ0) is 15.6. The first-order valence-corrected chi connectivity index (χ1v) is 7.47. The van der Waals surface area contributed by atoms with Gasteiger partial charge in [-0.25, -0.2) is 4.39 Å². The molecule has 0 bridgehead atoms. The summed E-state index contributed by atoms with van der Waals surface area (Å²) in [4.78, 5) is 12.8. The first-order valence-electron chi connectivity index (χ1n) is 7.09. The zero-order valence-corrected chi connectivity index (χ0v) is 13.8. The number of piperidine rings is 1. The molecule has 1 amide bonds. The van der Waals surface area contributed by atoms with Gasteiger partial charge in [-0.3, -0.25) is 9.48 Å². The number of nitrogens with zero attached hydrogens (tertiary/aromatic N) is 2. The molecule has 1 aromatic carbocycles. The minimum Gasteiger partial charge on any atom is -0.321 e. The Bertz CT molecular complexity index is 672. The highest BCUT2D eigenvalue weighted by atomic mass is 35.5. The van der Waals surface area contributed by atoms with Crippen molar-refractivity contribution in [3.8, 4) is 0 Å². The summed E-state index contributed by atoms with van der Waals surface area (Å²) in [6.07, 6.45) is 4.59. The van der Waals surface area contributed by atoms with Gasteiger partial charge in [-0.2, -0.15) is 5.10 Å². The molecular formula is C15H17Cl2FN4O. The summed E-state index contributed by atoms with van der Waals surface area (Å²) in [5.74, 6) is -0.815. The van der Waals surface area contributed by atoms with E-state index in [4.69, 9.17) is 11.6 Å². The predicted octanol–water partition coefficient (Wildman–Crippen LogP) is 2.81. The van der Waals surface area contributed by atoms with Crippen LogP contribution >= 0.6 is 24.0 Å². The molecule has 23 heavy (non-hydrogen) atoms. The number of aromatic nitrogens is 2. The van der Waals surface area contributed by atoms with Crippen LogP contribution in [0.2, 0.25) is 5.02 Å². The maximum Gasteiger partial charge on any atom is 0.252 e. The van der Waals surface area contributed by atoms with Crippen LogP contribution in [0.3, 0.4) is 0 Å². The Morgan fingerprint density at radius 3 is 2.74 bits per heavy atom. The molecule has 0 atom stereocenters. The second kappa shape index (κ2) is 7.29. The Hall–Kier alpha value is -1.63. The highest BCUT2D eigenvalue weighted by Gasteiger charge is 2.42. The van der Waals surface area contributed by atoms with E-state index in [0.717, 1.165) is 0 Å². The molecule has 2 N–H and O–H groups in total. The third kappa shape index (κ3) is 3.49. The van der Waals surface area contributed by atoms with Crippen LogP contribution in [0.4, 0.5) is 10.1 Å². The number of carbonyl (C=O) groups is 1. The number of anilines is 1. The van der Waals surface area contributed by atoms with E-state index in [0.29, 0.717) is 31.0 Å². The average molecular weight is 359 g/mol. The van der Waals surface area contributed by atoms with Crippen molar-refractivity contribution in [3.05, 3.63) is 47.5 Å². The van der Waals surface area contributed by atoms with Gasteiger partial charge in [0.25, 0.3) is 5.91 Å². The minimum absolute atomic E-state index is 0. The molecule has 0 aliphatic carbocycles. The third-order valence-corrected chi connectivity index (χ3v) is 4.21. The molecule has 1 aliphatic heterocycles. The molecule has 0 unspecified atom stereocenters. The van der Waals surface area contributed by atoms with E-state index in [-0.39, 0.29) is 24.0 Å². The molecule has 0 radical (unpaired) electrons. The van der Waals surface area contributed by atoms with Gasteiger partial charge in [0.2, 0.25) is 0 Å². The van der Waals surface area contributed by atoms with E-state index < -0.39 is 11.4 Å². The summed E-state index contributed by atoms with van der Waals surface area (Å²) in [5.41, 5.74) is -0.680. The smallest absolute Gasteiger partial charge is 0.252 e. The second-order valence-corrected chi connectivity index (χ2v) is 5.75. The summed E-state index contributed by atoms with van der Waals surface area (Å²) in [6.45, 7) is 1.41. The van der Waals surface area contributed by atoms with Crippen molar-refractivity contribution in [1.29, 1.82) is 0 Å². The highest BCUT2D eigenvalue weighted by Crippen LogP contribution is 2.29. The minimum atomic E-state index is -0.805. The lowest BCUT2D eigenvalue weighted by Crippen LogP contribution is -2.52. The van der Waals surface area contributed by atoms with Crippen LogP contribution in [0.5, 0.6) is 0 Å². The SMILES string of the molecule is Cl.O=C(Nc1ccc(Cl)cc1F)C1(n2cccn2)CCNCC1. The number of rotatable bonds is 3. The van der Waals surface area contributed by atoms with Gasteiger partial charge in [-0.15, -0.1) is 12.4 Å². The van der Waals surface area contributed by atoms with E-state index in [1.807, 2.05) is 0 Å². The van der Waals surface area contributed by atoms with Gasteiger partial charge < -0.3 is 10.6 Å². The number of hydrogen-bond acceptors (Lipinski definition) is 3. The predicted molar refractivity (Wildman–Crippen MR) is 89.6 cm³/mol. The van der Waals surface area contributed by atoms with Crippen molar-refractivity contribution < 1.29 is 9.18 Å². The number of hydrogen-bond donors (Lipinski definition) is 2. The van der Waals surface area contributed by atoms with E-state index in [9.17, 15) is 9.18 Å². The van der Waals surface area contributed by atoms with Crippen LogP contribution in [0, 0.1) is 5.82 Å². The Kier molecular flexibility index (Phi) is 5.62. The molecule has 0 spiro atoms. The molecule has 1 fully saturated rings. The van der Waals surface area contributed by atoms with Crippen LogP contribution in [-0.4, -0.2) is 28.8 Å². The maximum absolute atomic E-state index is 13.9. The van der Waals surface area contributed by atoms with Gasteiger partial charge in [0.15, 0.2) is 0 Å². The first kappa shape index (κ1) is 17.7. The fourth-order valence-corrected chi connectivity index (χ4v) is 2.91. The van der Waals surface area contributed by atoms with Crippen molar-refractivity contribution in [3.63, 3.8) is 0 Å². The number of halogens is 3. The summed E-state index contributed by atoms with van der Waals surface area (Å²) < 4.78 is 15.6. The van der Waals surface area contributed by atoms with Crippen LogP contribution in [-0.2, 0) is 10.3 Å². The van der Waals surface area contributed by atoms with Gasteiger partial charge in [0, 0.05) is 17.4 Å². The van der Waals surface area contributed by atoms with E-state index in [1.54, 1.807) is 29.2 Å². The topological polar surface area (TPSA) is 59.0 Å². The number of carbonyl (C=O) groups excluding carboxylic acids is 1. The standard InChI is InChI=1S/C15H16ClFN4O.ClH/c16-11-2-3-13(12(17)10-11)20-14(22)15(4-7-18-8-5-15)21-9-1-6-19-21;/h1-3,6,9-10,18H,4-5,7-8H2,(H,20,22);1H. The van der Waals surface area contributed by atoms with Crippen LogP contribution in [0.15, 0.2) is 36.7 Å². The third-order valence-electron chi connectivity index (χ3n) is 3.98. The van der Waals surface area contributed by atoms with Crippen molar-refractivity contribution in [2.75, 3.05) is 18.4 Å². The Balaban J connectivity index is 0.00000192. The molecule has 1 aliphatic rings. The fourth-order valence-electron chi connectivity index (χ4n) is 2.75. The van der Waals surface area contributed by atoms with Gasteiger partial charge in [0.05, 0.1) is 5.69 Å². The normalized spacial score (nSPS) is 16.4. The molecular weight excluding hydrogens is 342 g/mol. The highest BCUT2D eigenvalue weighted by molar-refractivity contribution is 6.30. The lowest BCUT2D eigenvalue weighted by molar-refractivity contribution is -0.126. The van der Waals surface area contributed by atoms with Crippen molar-refractivity contribution in [2.45, 2.75) is 18.4 Å². The van der Waals surface area contributed by atoms with Crippen molar-refractivity contribution in [2.24, 2.45) is 0 Å². The Labute approximate surface area is 144 Å². The quantitative estimate of drug-likeness (QED) is 0.886. The molecule has 124 valence electrons. The van der Waals surface area contributed by atoms with Crippen molar-refractivity contribution >= 4 is 35.6 Å². The Morgan fingerprint density at radius 1 is 1.39 bits per heavy atom. The number of amides is 1. The monoisotopic (exact) mass is 358 g/mol. The summed E-state index contributed by atoms with van der Waals surface area (Å²) in [6, 6.07) is 5.97. The average Bonchev–Trinajstić information content (AvgIpc) is 3.05. The van der Waals surface area contributed by atoms with E-state index in [2.05, 4.69) is 15.7 Å². The van der Waals surface area contributed by atoms with Crippen LogP contribution in [0.1, 0.15) is 12.8 Å². The molecule has 3 rings (SSSR count). The van der Waals surface area contributed by atoms with E-state index in [1.165, 1.54) is 12.1 Å². The Morgan fingerprint density at radius 2 is 2.13 bits per heavy atom. The molecule has 2 aromatic rings. The number of nitrogens with one attached hydrogen (secondary N) is 2. The summed E-state index contributed by atoms with van der Waals surface area (Å²) >= 11 is 5.74. The second-order valence-electron chi connectivity index (χ2n) is 5.31. The molecule has 2 heterocycles. The molecule has 1 aromatic heterocycles. The summed E-state index contributed by atoms with van der Waals surface area (Å²) in [7, 11) is 0. The van der Waals surface area contributed by atoms with Gasteiger partial charge in [-0.1, -0.05) is 11.6 Å². The van der Waals surface area contributed by atoms with E-state index >= 15 is 0 Å². The van der Waals surface area contributed by atoms with Gasteiger partial charge >= 0.3 is 0 Å². The maximum atomic E-state index is 13.9. The zero-order valence-electron chi connectivity index (χ0n) is 12.3. The fraction of sp³-hybridized carbons (Fsp3) is 0.333. The molecule has 1 saturated heterocycles. The number of benzene rings is 1. The van der Waals surface area contributed by atoms with Crippen molar-refractivity contribution in [1.82, 2.24) is 15.1 Å². The van der Waals surface area contributed by atoms with Gasteiger partial charge in [0.1, 0.15) is 11.4 Å². The largest absolute Gasteiger partial charge is 0.321 e. The lowest BCUT2D eigenvalue weighted by atomic mass is 9.87. The molecule has 8 heteroatoms. The van der Waals surface area contributed by atoms with Crippen LogP contribution in [0.25, 0.3) is 0 Å². The van der Waals surface area contributed by atoms with Gasteiger partial charge in [-0.05, 0) is 50.2 Å². The lowest BCUT2D eigenvalue weighted by Gasteiger charge is -2.36. The first-order chi connectivity index (χ1) is 10.6. The van der Waals surface area contributed by atoms with Crippen LogP contribution < -0.4 is 10.6 Å².